The number of carbonyl (C=O) groups is 1. The highest BCUT2D eigenvalue weighted by molar-refractivity contribution is 7.09. The van der Waals surface area contributed by atoms with E-state index in [9.17, 15) is 4.79 Å². The van der Waals surface area contributed by atoms with E-state index in [0.29, 0.717) is 19.0 Å². The highest BCUT2D eigenvalue weighted by Crippen LogP contribution is 2.15. The fourth-order valence-corrected chi connectivity index (χ4v) is 2.40. The number of nitrogens with one attached hydrogen (secondary N) is 1. The van der Waals surface area contributed by atoms with Crippen LogP contribution in [0.25, 0.3) is 0 Å². The summed E-state index contributed by atoms with van der Waals surface area (Å²) in [6.45, 7) is 2.77. The molecule has 6 heteroatoms. The number of nitrogen functional groups attached to an aromatic ring is 1. The molecule has 1 amide bonds. The van der Waals surface area contributed by atoms with Gasteiger partial charge in [-0.25, -0.2) is 5.84 Å². The molecule has 0 spiro atoms. The summed E-state index contributed by atoms with van der Waals surface area (Å²) in [5.41, 5.74) is 2.80. The SMILES string of the molecule is Cc1cc(COCCc2cccs2)oc1C(=O)NN. The second-order valence-electron chi connectivity index (χ2n) is 4.08. The summed E-state index contributed by atoms with van der Waals surface area (Å²) in [6.07, 6.45) is 0.882. The number of nitrogens with two attached hydrogens (primary N) is 1. The molecule has 0 saturated heterocycles. The van der Waals surface area contributed by atoms with Crippen LogP contribution in [0.2, 0.25) is 0 Å². The molecule has 102 valence electrons. The predicted molar refractivity (Wildman–Crippen MR) is 72.8 cm³/mol. The zero-order valence-corrected chi connectivity index (χ0v) is 11.5. The van der Waals surface area contributed by atoms with Gasteiger partial charge >= 0.3 is 5.91 Å². The summed E-state index contributed by atoms with van der Waals surface area (Å²) in [7, 11) is 0. The molecular formula is C13H16N2O3S. The number of hydrogen-bond acceptors (Lipinski definition) is 5. The molecule has 0 bridgehead atoms. The number of aryl methyl sites for hydroxylation is 1. The van der Waals surface area contributed by atoms with Crippen molar-refractivity contribution in [3.63, 3.8) is 0 Å². The van der Waals surface area contributed by atoms with Gasteiger partial charge in [-0.3, -0.25) is 10.2 Å². The number of furan rings is 1. The van der Waals surface area contributed by atoms with E-state index >= 15 is 0 Å². The Morgan fingerprint density at radius 2 is 2.42 bits per heavy atom. The van der Waals surface area contributed by atoms with Crippen molar-refractivity contribution >= 4 is 17.2 Å². The fourth-order valence-electron chi connectivity index (χ4n) is 1.71. The molecular weight excluding hydrogens is 264 g/mol. The number of hydrogen-bond donors (Lipinski definition) is 2. The van der Waals surface area contributed by atoms with Crippen molar-refractivity contribution in [2.75, 3.05) is 6.61 Å². The number of carbonyl (C=O) groups excluding carboxylic acids is 1. The Balaban J connectivity index is 1.81. The topological polar surface area (TPSA) is 77.5 Å². The van der Waals surface area contributed by atoms with Crippen molar-refractivity contribution in [3.8, 4) is 0 Å². The van der Waals surface area contributed by atoms with E-state index in [2.05, 4.69) is 6.07 Å². The van der Waals surface area contributed by atoms with Gasteiger partial charge in [-0.05, 0) is 24.4 Å². The molecule has 0 unspecified atom stereocenters. The Hall–Kier alpha value is -1.63. The maximum absolute atomic E-state index is 11.4. The summed E-state index contributed by atoms with van der Waals surface area (Å²) in [5, 5.41) is 2.04. The number of rotatable bonds is 6. The average Bonchev–Trinajstić information content (AvgIpc) is 3.03. The molecule has 2 aromatic heterocycles. The molecule has 19 heavy (non-hydrogen) atoms. The third-order valence-corrected chi connectivity index (χ3v) is 3.56. The van der Waals surface area contributed by atoms with Crippen LogP contribution < -0.4 is 11.3 Å². The average molecular weight is 280 g/mol. The van der Waals surface area contributed by atoms with E-state index in [-0.39, 0.29) is 5.76 Å². The molecule has 0 saturated carbocycles. The van der Waals surface area contributed by atoms with Crippen molar-refractivity contribution in [3.05, 3.63) is 45.5 Å². The summed E-state index contributed by atoms with van der Waals surface area (Å²) >= 11 is 1.71. The molecule has 0 fully saturated rings. The largest absolute Gasteiger partial charge is 0.453 e. The first-order valence-corrected chi connectivity index (χ1v) is 6.79. The third kappa shape index (κ3) is 3.66. The Kier molecular flexibility index (Phi) is 4.73. The molecule has 0 aliphatic carbocycles. The second-order valence-corrected chi connectivity index (χ2v) is 5.11. The molecule has 0 aliphatic rings. The standard InChI is InChI=1S/C13H16N2O3S/c1-9-7-10(18-12(9)13(16)15-14)8-17-5-4-11-3-2-6-19-11/h2-3,6-7H,4-5,8,14H2,1H3,(H,15,16). The summed E-state index contributed by atoms with van der Waals surface area (Å²) in [6, 6.07) is 5.89. The Morgan fingerprint density at radius 1 is 1.58 bits per heavy atom. The van der Waals surface area contributed by atoms with E-state index < -0.39 is 5.91 Å². The fraction of sp³-hybridized carbons (Fsp3) is 0.308. The second kappa shape index (κ2) is 6.51. The Bertz CT molecular complexity index is 534. The minimum absolute atomic E-state index is 0.236. The molecule has 2 aromatic rings. The van der Waals surface area contributed by atoms with Gasteiger partial charge in [0.25, 0.3) is 0 Å². The third-order valence-electron chi connectivity index (χ3n) is 2.62. The lowest BCUT2D eigenvalue weighted by Gasteiger charge is -2.00. The highest BCUT2D eigenvalue weighted by atomic mass is 32.1. The van der Waals surface area contributed by atoms with Crippen molar-refractivity contribution in [1.29, 1.82) is 0 Å². The smallest absolute Gasteiger partial charge is 0.301 e. The summed E-state index contributed by atoms with van der Waals surface area (Å²) < 4.78 is 10.9. The van der Waals surface area contributed by atoms with Gasteiger partial charge < -0.3 is 9.15 Å². The molecule has 0 atom stereocenters. The summed E-state index contributed by atoms with van der Waals surface area (Å²) in [4.78, 5) is 12.7. The van der Waals surface area contributed by atoms with Crippen molar-refractivity contribution in [2.24, 2.45) is 5.84 Å². The maximum Gasteiger partial charge on any atom is 0.301 e. The lowest BCUT2D eigenvalue weighted by atomic mass is 10.2. The lowest BCUT2D eigenvalue weighted by molar-refractivity contribution is 0.0898. The first-order chi connectivity index (χ1) is 9.20. The molecule has 3 N–H and O–H groups in total. The Morgan fingerprint density at radius 3 is 3.11 bits per heavy atom. The van der Waals surface area contributed by atoms with Crippen LogP contribution in [0.5, 0.6) is 0 Å². The van der Waals surface area contributed by atoms with Crippen LogP contribution in [-0.2, 0) is 17.8 Å². The molecule has 5 nitrogen and oxygen atoms in total. The van der Waals surface area contributed by atoms with E-state index in [0.717, 1.165) is 12.0 Å². The van der Waals surface area contributed by atoms with Crippen LogP contribution in [0.1, 0.15) is 26.8 Å². The quantitative estimate of drug-likeness (QED) is 0.367. The number of hydrazine groups is 1. The van der Waals surface area contributed by atoms with Gasteiger partial charge in [-0.2, -0.15) is 0 Å². The lowest BCUT2D eigenvalue weighted by Crippen LogP contribution is -2.30. The number of thiophene rings is 1. The van der Waals surface area contributed by atoms with Crippen LogP contribution in [0.3, 0.4) is 0 Å². The van der Waals surface area contributed by atoms with Crippen LogP contribution in [0.4, 0.5) is 0 Å². The van der Waals surface area contributed by atoms with Gasteiger partial charge in [-0.1, -0.05) is 6.07 Å². The van der Waals surface area contributed by atoms with Gasteiger partial charge in [0.1, 0.15) is 12.4 Å². The van der Waals surface area contributed by atoms with Crippen LogP contribution in [-0.4, -0.2) is 12.5 Å². The Labute approximate surface area is 115 Å². The van der Waals surface area contributed by atoms with E-state index in [4.69, 9.17) is 15.0 Å². The van der Waals surface area contributed by atoms with Crippen LogP contribution >= 0.6 is 11.3 Å². The number of ether oxygens (including phenoxy) is 1. The normalized spacial score (nSPS) is 10.6. The van der Waals surface area contributed by atoms with Gasteiger partial charge in [0.05, 0.1) is 6.61 Å². The van der Waals surface area contributed by atoms with Crippen LogP contribution in [0.15, 0.2) is 28.0 Å². The predicted octanol–water partition coefficient (Wildman–Crippen LogP) is 2.01. The molecule has 0 aromatic carbocycles. The molecule has 2 rings (SSSR count). The van der Waals surface area contributed by atoms with Crippen molar-refractivity contribution in [1.82, 2.24) is 5.43 Å². The zero-order chi connectivity index (χ0) is 13.7. The van der Waals surface area contributed by atoms with E-state index in [1.54, 1.807) is 24.3 Å². The minimum atomic E-state index is -0.428. The van der Waals surface area contributed by atoms with E-state index in [1.165, 1.54) is 4.88 Å². The zero-order valence-electron chi connectivity index (χ0n) is 10.6. The van der Waals surface area contributed by atoms with Gasteiger partial charge in [0, 0.05) is 16.9 Å². The monoisotopic (exact) mass is 280 g/mol. The van der Waals surface area contributed by atoms with Crippen LogP contribution in [0, 0.1) is 6.92 Å². The van der Waals surface area contributed by atoms with Crippen molar-refractivity contribution < 1.29 is 13.9 Å². The van der Waals surface area contributed by atoms with Gasteiger partial charge in [-0.15, -0.1) is 11.3 Å². The molecule has 2 heterocycles. The summed E-state index contributed by atoms with van der Waals surface area (Å²) in [5.74, 6) is 5.50. The molecule has 0 radical (unpaired) electrons. The van der Waals surface area contributed by atoms with E-state index in [1.807, 2.05) is 16.9 Å². The van der Waals surface area contributed by atoms with Gasteiger partial charge in [0.15, 0.2) is 5.76 Å². The molecule has 0 aliphatic heterocycles. The van der Waals surface area contributed by atoms with Gasteiger partial charge in [0.2, 0.25) is 0 Å². The first kappa shape index (κ1) is 13.8. The maximum atomic E-state index is 11.4. The van der Waals surface area contributed by atoms with Crippen molar-refractivity contribution in [2.45, 2.75) is 20.0 Å². The highest BCUT2D eigenvalue weighted by Gasteiger charge is 2.14. The number of amides is 1. The minimum Gasteiger partial charge on any atom is -0.453 e. The first-order valence-electron chi connectivity index (χ1n) is 5.91.